The number of likely N-dealkylation sites (tertiary alicyclic amines) is 1. The van der Waals surface area contributed by atoms with Crippen LogP contribution in [0.2, 0.25) is 0 Å². The van der Waals surface area contributed by atoms with Gasteiger partial charge in [0.2, 0.25) is 0 Å². The minimum atomic E-state index is -0.995. The van der Waals surface area contributed by atoms with Gasteiger partial charge in [-0.25, -0.2) is 9.59 Å². The topological polar surface area (TPSA) is 82.1 Å². The van der Waals surface area contributed by atoms with Crippen molar-refractivity contribution in [2.75, 3.05) is 40.3 Å². The monoisotopic (exact) mass is 301 g/mol. The molecule has 21 heavy (non-hydrogen) atoms. The summed E-state index contributed by atoms with van der Waals surface area (Å²) in [6.45, 7) is 7.25. The van der Waals surface area contributed by atoms with Crippen molar-refractivity contribution in [2.24, 2.45) is 5.92 Å². The van der Waals surface area contributed by atoms with Gasteiger partial charge in [0.1, 0.15) is 12.2 Å². The lowest BCUT2D eigenvalue weighted by Crippen LogP contribution is -2.66. The van der Waals surface area contributed by atoms with Gasteiger partial charge in [-0.2, -0.15) is 0 Å². The zero-order valence-corrected chi connectivity index (χ0v) is 13.5. The molecule has 1 atom stereocenters. The Kier molecular flexibility index (Phi) is 5.98. The predicted octanol–water partition coefficient (Wildman–Crippen LogP) is 0.458. The highest BCUT2D eigenvalue weighted by Gasteiger charge is 2.43. The minimum Gasteiger partial charge on any atom is -0.480 e. The summed E-state index contributed by atoms with van der Waals surface area (Å²) < 4.78 is 5.29. The van der Waals surface area contributed by atoms with Crippen LogP contribution >= 0.6 is 0 Å². The van der Waals surface area contributed by atoms with Gasteiger partial charge in [-0.3, -0.25) is 0 Å². The molecule has 0 aromatic carbocycles. The molecule has 0 spiro atoms. The highest BCUT2D eigenvalue weighted by atomic mass is 16.5. The number of nitrogens with one attached hydrogen (secondary N) is 1. The molecule has 122 valence electrons. The minimum absolute atomic E-state index is 0.0827. The Labute approximate surface area is 126 Å². The van der Waals surface area contributed by atoms with Crippen LogP contribution in [0.15, 0.2) is 0 Å². The fourth-order valence-corrected chi connectivity index (χ4v) is 2.30. The fraction of sp³-hybridized carbons (Fsp3) is 0.857. The average molecular weight is 301 g/mol. The van der Waals surface area contributed by atoms with E-state index in [9.17, 15) is 9.59 Å². The summed E-state index contributed by atoms with van der Waals surface area (Å²) in [6, 6.07) is -0.0359. The maximum absolute atomic E-state index is 12.2. The van der Waals surface area contributed by atoms with E-state index in [-0.39, 0.29) is 18.7 Å². The van der Waals surface area contributed by atoms with Crippen LogP contribution in [0.25, 0.3) is 0 Å². The molecule has 0 bridgehead atoms. The van der Waals surface area contributed by atoms with Gasteiger partial charge in [0.15, 0.2) is 0 Å². The van der Waals surface area contributed by atoms with Crippen molar-refractivity contribution in [3.63, 3.8) is 0 Å². The molecule has 7 heteroatoms. The second kappa shape index (κ2) is 7.09. The zero-order chi connectivity index (χ0) is 16.2. The van der Waals surface area contributed by atoms with Gasteiger partial charge in [-0.15, -0.1) is 0 Å². The average Bonchev–Trinajstić information content (AvgIpc) is 2.31. The summed E-state index contributed by atoms with van der Waals surface area (Å²) in [5, 5.41) is 11.6. The van der Waals surface area contributed by atoms with E-state index in [4.69, 9.17) is 9.84 Å². The molecular weight excluding hydrogens is 274 g/mol. The molecule has 1 heterocycles. The van der Waals surface area contributed by atoms with Crippen molar-refractivity contribution in [1.29, 1.82) is 0 Å². The van der Waals surface area contributed by atoms with E-state index >= 15 is 0 Å². The first-order valence-electron chi connectivity index (χ1n) is 7.19. The SMILES string of the molecule is CC(C)C(CN(C)C)NC(=O)N1CC(C)(OCC(=O)O)C1. The molecule has 1 saturated heterocycles. The number of hydrogen-bond acceptors (Lipinski definition) is 4. The number of hydrogen-bond donors (Lipinski definition) is 2. The molecule has 1 aliphatic rings. The summed E-state index contributed by atoms with van der Waals surface area (Å²) in [4.78, 5) is 26.4. The first-order valence-corrected chi connectivity index (χ1v) is 7.19. The number of likely N-dealkylation sites (N-methyl/N-ethyl adjacent to an activating group) is 1. The van der Waals surface area contributed by atoms with Gasteiger partial charge in [-0.1, -0.05) is 13.8 Å². The third kappa shape index (κ3) is 5.51. The molecule has 1 rings (SSSR count). The Morgan fingerprint density at radius 2 is 1.95 bits per heavy atom. The predicted molar refractivity (Wildman–Crippen MR) is 79.3 cm³/mol. The Hall–Kier alpha value is -1.34. The molecule has 1 unspecified atom stereocenters. The van der Waals surface area contributed by atoms with Crippen LogP contribution in [0.5, 0.6) is 0 Å². The largest absolute Gasteiger partial charge is 0.480 e. The number of carbonyl (C=O) groups excluding carboxylic acids is 1. The number of carbonyl (C=O) groups is 2. The molecule has 0 aromatic rings. The summed E-state index contributed by atoms with van der Waals surface area (Å²) in [7, 11) is 3.95. The van der Waals surface area contributed by atoms with Crippen LogP contribution in [0.4, 0.5) is 4.79 Å². The van der Waals surface area contributed by atoms with E-state index in [0.29, 0.717) is 19.0 Å². The smallest absolute Gasteiger partial charge is 0.329 e. The third-order valence-corrected chi connectivity index (χ3v) is 3.56. The number of aliphatic carboxylic acids is 1. The molecule has 1 aliphatic heterocycles. The van der Waals surface area contributed by atoms with Gasteiger partial charge >= 0.3 is 12.0 Å². The fourth-order valence-electron chi connectivity index (χ4n) is 2.30. The second-order valence-electron chi connectivity index (χ2n) is 6.55. The molecule has 2 N–H and O–H groups in total. The molecule has 2 amide bonds. The van der Waals surface area contributed by atoms with Crippen molar-refractivity contribution >= 4 is 12.0 Å². The van der Waals surface area contributed by atoms with Crippen LogP contribution in [-0.4, -0.2) is 78.9 Å². The summed E-state index contributed by atoms with van der Waals surface area (Å²) >= 11 is 0. The number of carboxylic acid groups (broad SMARTS) is 1. The normalized spacial score (nSPS) is 18.5. The Morgan fingerprint density at radius 1 is 1.38 bits per heavy atom. The Balaban J connectivity index is 2.42. The maximum atomic E-state index is 12.2. The Bertz CT molecular complexity index is 378. The second-order valence-corrected chi connectivity index (χ2v) is 6.55. The third-order valence-electron chi connectivity index (χ3n) is 3.56. The van der Waals surface area contributed by atoms with Crippen LogP contribution < -0.4 is 5.32 Å². The van der Waals surface area contributed by atoms with Gasteiger partial charge in [0, 0.05) is 12.6 Å². The van der Waals surface area contributed by atoms with Crippen molar-refractivity contribution < 1.29 is 19.4 Å². The van der Waals surface area contributed by atoms with Gasteiger partial charge in [-0.05, 0) is 26.9 Å². The molecule has 1 fully saturated rings. The van der Waals surface area contributed by atoms with Gasteiger partial charge < -0.3 is 25.0 Å². The van der Waals surface area contributed by atoms with E-state index in [1.807, 2.05) is 25.9 Å². The van der Waals surface area contributed by atoms with Crippen molar-refractivity contribution in [3.8, 4) is 0 Å². The number of amides is 2. The number of nitrogens with zero attached hydrogens (tertiary/aromatic N) is 2. The lowest BCUT2D eigenvalue weighted by atomic mass is 9.96. The van der Waals surface area contributed by atoms with Crippen LogP contribution in [0.3, 0.4) is 0 Å². The molecule has 0 aromatic heterocycles. The van der Waals surface area contributed by atoms with E-state index in [2.05, 4.69) is 19.2 Å². The van der Waals surface area contributed by atoms with Crippen molar-refractivity contribution in [1.82, 2.24) is 15.1 Å². The summed E-state index contributed by atoms with van der Waals surface area (Å²) in [5.74, 6) is -0.655. The highest BCUT2D eigenvalue weighted by Crippen LogP contribution is 2.24. The highest BCUT2D eigenvalue weighted by molar-refractivity contribution is 5.76. The first-order chi connectivity index (χ1) is 9.63. The lowest BCUT2D eigenvalue weighted by molar-refractivity contribution is -0.159. The number of ether oxygens (including phenoxy) is 1. The summed E-state index contributed by atoms with van der Waals surface area (Å²) in [6.07, 6.45) is 0. The van der Waals surface area contributed by atoms with Crippen molar-refractivity contribution in [2.45, 2.75) is 32.4 Å². The zero-order valence-electron chi connectivity index (χ0n) is 13.5. The number of urea groups is 1. The molecular formula is C14H27N3O4. The Morgan fingerprint density at radius 3 is 2.38 bits per heavy atom. The van der Waals surface area contributed by atoms with Crippen LogP contribution in [0, 0.1) is 5.92 Å². The van der Waals surface area contributed by atoms with Crippen molar-refractivity contribution in [3.05, 3.63) is 0 Å². The molecule has 0 radical (unpaired) electrons. The van der Waals surface area contributed by atoms with E-state index < -0.39 is 11.6 Å². The maximum Gasteiger partial charge on any atom is 0.329 e. The number of carboxylic acids is 1. The molecule has 0 saturated carbocycles. The van der Waals surface area contributed by atoms with Gasteiger partial charge in [0.25, 0.3) is 0 Å². The number of rotatable bonds is 7. The standard InChI is InChI=1S/C14H27N3O4/c1-10(2)11(6-16(4)5)15-13(20)17-8-14(3,9-17)21-7-12(18)19/h10-11H,6-9H2,1-5H3,(H,15,20)(H,18,19). The first kappa shape index (κ1) is 17.7. The molecule has 7 nitrogen and oxygen atoms in total. The lowest BCUT2D eigenvalue weighted by Gasteiger charge is -2.47. The van der Waals surface area contributed by atoms with E-state index in [1.54, 1.807) is 4.90 Å². The van der Waals surface area contributed by atoms with Crippen LogP contribution in [-0.2, 0) is 9.53 Å². The summed E-state index contributed by atoms with van der Waals surface area (Å²) in [5.41, 5.74) is -0.551. The van der Waals surface area contributed by atoms with Gasteiger partial charge in [0.05, 0.1) is 13.1 Å². The quantitative estimate of drug-likeness (QED) is 0.714. The van der Waals surface area contributed by atoms with E-state index in [0.717, 1.165) is 6.54 Å². The molecule has 0 aliphatic carbocycles. The van der Waals surface area contributed by atoms with Crippen LogP contribution in [0.1, 0.15) is 20.8 Å². The van der Waals surface area contributed by atoms with E-state index in [1.165, 1.54) is 0 Å².